The molecule has 0 aromatic carbocycles. The van der Waals surface area contributed by atoms with E-state index in [0.29, 0.717) is 0 Å². The molecule has 14 heavy (non-hydrogen) atoms. The van der Waals surface area contributed by atoms with Crippen LogP contribution in [0.5, 0.6) is 0 Å². The first-order valence-electron chi connectivity index (χ1n) is 3.86. The van der Waals surface area contributed by atoms with Crippen molar-refractivity contribution in [2.45, 2.75) is 0 Å². The van der Waals surface area contributed by atoms with Gasteiger partial charge in [0.05, 0.1) is 21.7 Å². The van der Waals surface area contributed by atoms with Gasteiger partial charge in [-0.2, -0.15) is 0 Å². The zero-order chi connectivity index (χ0) is 9.97. The van der Waals surface area contributed by atoms with E-state index >= 15 is 0 Å². The van der Waals surface area contributed by atoms with Crippen LogP contribution in [0.1, 0.15) is 0 Å². The second-order valence-corrected chi connectivity index (χ2v) is 7.05. The van der Waals surface area contributed by atoms with Crippen molar-refractivity contribution in [3.05, 3.63) is 29.1 Å². The third-order valence-electron chi connectivity index (χ3n) is 1.52. The lowest BCUT2D eigenvalue weighted by Gasteiger charge is -2.01. The molecule has 0 aromatic rings. The molecule has 0 aliphatic carbocycles. The highest BCUT2D eigenvalue weighted by Crippen LogP contribution is 2.54. The highest BCUT2D eigenvalue weighted by molar-refractivity contribution is 8.33. The number of hydrogen-bond acceptors (Lipinski definition) is 6. The number of hydrogen-bond donors (Lipinski definition) is 2. The fourth-order valence-corrected chi connectivity index (χ4v) is 5.55. The van der Waals surface area contributed by atoms with Crippen molar-refractivity contribution in [1.29, 1.82) is 0 Å². The summed E-state index contributed by atoms with van der Waals surface area (Å²) in [7, 11) is 0. The second kappa shape index (κ2) is 5.05. The summed E-state index contributed by atoms with van der Waals surface area (Å²) < 4.78 is 2.42. The minimum absolute atomic E-state index is 0.115. The summed E-state index contributed by atoms with van der Waals surface area (Å²) >= 11 is 6.53. The second-order valence-electron chi connectivity index (χ2n) is 2.50. The highest BCUT2D eigenvalue weighted by atomic mass is 32.2. The molecule has 0 amide bonds. The smallest absolute Gasteiger partial charge is 0.0749 e. The Labute approximate surface area is 99.3 Å². The standard InChI is InChI=1S/C8H8O2S4/c9-1-5-3-11-7(13-5)8-12-4-6(2-10)14-8/h3-4,9-10H,1-2H2. The quantitative estimate of drug-likeness (QED) is 0.799. The van der Waals surface area contributed by atoms with Crippen LogP contribution in [-0.4, -0.2) is 23.4 Å². The third-order valence-corrected chi connectivity index (χ3v) is 6.85. The molecule has 2 nitrogen and oxygen atoms in total. The Morgan fingerprint density at radius 1 is 0.857 bits per heavy atom. The number of aliphatic hydroxyl groups is 2. The highest BCUT2D eigenvalue weighted by Gasteiger charge is 2.20. The van der Waals surface area contributed by atoms with Gasteiger partial charge < -0.3 is 10.2 Å². The van der Waals surface area contributed by atoms with E-state index in [0.717, 1.165) is 9.81 Å². The summed E-state index contributed by atoms with van der Waals surface area (Å²) in [4.78, 5) is 1.99. The molecule has 6 heteroatoms. The lowest BCUT2D eigenvalue weighted by Crippen LogP contribution is -1.80. The predicted molar refractivity (Wildman–Crippen MR) is 67.7 cm³/mol. The van der Waals surface area contributed by atoms with E-state index in [-0.39, 0.29) is 13.2 Å². The number of thioether (sulfide) groups is 4. The topological polar surface area (TPSA) is 40.5 Å². The fourth-order valence-electron chi connectivity index (χ4n) is 0.891. The summed E-state index contributed by atoms with van der Waals surface area (Å²) in [5.41, 5.74) is 0. The molecule has 0 aromatic heterocycles. The first kappa shape index (κ1) is 11.0. The van der Waals surface area contributed by atoms with Gasteiger partial charge in [-0.25, -0.2) is 0 Å². The van der Waals surface area contributed by atoms with Crippen LogP contribution in [0, 0.1) is 0 Å². The van der Waals surface area contributed by atoms with E-state index in [1.54, 1.807) is 47.0 Å². The molecule has 0 fully saturated rings. The van der Waals surface area contributed by atoms with Crippen LogP contribution in [-0.2, 0) is 0 Å². The lowest BCUT2D eigenvalue weighted by atomic mass is 10.7. The van der Waals surface area contributed by atoms with Crippen molar-refractivity contribution < 1.29 is 10.2 Å². The molecule has 2 aliphatic rings. The van der Waals surface area contributed by atoms with E-state index in [9.17, 15) is 0 Å². The summed E-state index contributed by atoms with van der Waals surface area (Å²) in [5.74, 6) is 0. The van der Waals surface area contributed by atoms with Gasteiger partial charge in [0.25, 0.3) is 0 Å². The number of aliphatic hydroxyl groups excluding tert-OH is 2. The third kappa shape index (κ3) is 2.37. The Bertz CT molecular complexity index is 300. The molecule has 0 atom stereocenters. The van der Waals surface area contributed by atoms with E-state index in [1.165, 1.54) is 8.47 Å². The van der Waals surface area contributed by atoms with Crippen LogP contribution in [0.25, 0.3) is 0 Å². The molecule has 2 N–H and O–H groups in total. The zero-order valence-corrected chi connectivity index (χ0v) is 10.4. The molecule has 0 saturated heterocycles. The van der Waals surface area contributed by atoms with Gasteiger partial charge in [-0.3, -0.25) is 0 Å². The van der Waals surface area contributed by atoms with Crippen molar-refractivity contribution in [1.82, 2.24) is 0 Å². The van der Waals surface area contributed by atoms with Crippen LogP contribution >= 0.6 is 47.0 Å². The monoisotopic (exact) mass is 264 g/mol. The Hall–Kier alpha value is 0.540. The predicted octanol–water partition coefficient (Wildman–Crippen LogP) is 2.74. The maximum Gasteiger partial charge on any atom is 0.0749 e. The molecule has 0 bridgehead atoms. The maximum atomic E-state index is 8.93. The van der Waals surface area contributed by atoms with Crippen molar-refractivity contribution in [3.8, 4) is 0 Å². The Morgan fingerprint density at radius 3 is 1.57 bits per heavy atom. The summed E-state index contributed by atoms with van der Waals surface area (Å²) in [6.45, 7) is 0.230. The van der Waals surface area contributed by atoms with Crippen LogP contribution in [0.3, 0.4) is 0 Å². The van der Waals surface area contributed by atoms with Crippen molar-refractivity contribution >= 4 is 47.0 Å². The van der Waals surface area contributed by atoms with Gasteiger partial charge >= 0.3 is 0 Å². The molecule has 0 unspecified atom stereocenters. The largest absolute Gasteiger partial charge is 0.391 e. The SMILES string of the molecule is OCC1=CSC(=C2SC=C(CO)S2)S1. The Balaban J connectivity index is 2.01. The lowest BCUT2D eigenvalue weighted by molar-refractivity contribution is 0.339. The van der Waals surface area contributed by atoms with Crippen LogP contribution in [0.15, 0.2) is 29.1 Å². The molecular weight excluding hydrogens is 256 g/mol. The van der Waals surface area contributed by atoms with Gasteiger partial charge in [-0.15, -0.1) is 0 Å². The first-order chi connectivity index (χ1) is 6.83. The maximum absolute atomic E-state index is 8.93. The van der Waals surface area contributed by atoms with Gasteiger partial charge in [-0.05, 0) is 10.8 Å². The summed E-state index contributed by atoms with van der Waals surface area (Å²) in [6, 6.07) is 0. The van der Waals surface area contributed by atoms with Crippen molar-refractivity contribution in [3.63, 3.8) is 0 Å². The molecule has 0 spiro atoms. The average Bonchev–Trinajstić information content (AvgIpc) is 2.86. The minimum Gasteiger partial charge on any atom is -0.391 e. The molecule has 2 heterocycles. The average molecular weight is 264 g/mol. The van der Waals surface area contributed by atoms with Gasteiger partial charge in [-0.1, -0.05) is 47.0 Å². The van der Waals surface area contributed by atoms with E-state index < -0.39 is 0 Å². The summed E-state index contributed by atoms with van der Waals surface area (Å²) in [5, 5.41) is 21.8. The van der Waals surface area contributed by atoms with Crippen molar-refractivity contribution in [2.24, 2.45) is 0 Å². The fraction of sp³-hybridized carbons (Fsp3) is 0.250. The van der Waals surface area contributed by atoms with Crippen molar-refractivity contribution in [2.75, 3.05) is 13.2 Å². The number of rotatable bonds is 2. The Kier molecular flexibility index (Phi) is 3.98. The molecule has 0 saturated carbocycles. The molecule has 0 radical (unpaired) electrons. The van der Waals surface area contributed by atoms with Crippen LogP contribution in [0.4, 0.5) is 0 Å². The van der Waals surface area contributed by atoms with Gasteiger partial charge in [0, 0.05) is 9.81 Å². The zero-order valence-electron chi connectivity index (χ0n) is 7.10. The molecule has 76 valence electrons. The van der Waals surface area contributed by atoms with E-state index in [4.69, 9.17) is 10.2 Å². The van der Waals surface area contributed by atoms with E-state index in [1.807, 2.05) is 10.8 Å². The molecule has 2 aliphatic heterocycles. The van der Waals surface area contributed by atoms with Crippen LogP contribution < -0.4 is 0 Å². The summed E-state index contributed by atoms with van der Waals surface area (Å²) in [6.07, 6.45) is 0. The van der Waals surface area contributed by atoms with Gasteiger partial charge in [0.1, 0.15) is 0 Å². The van der Waals surface area contributed by atoms with Crippen LogP contribution in [0.2, 0.25) is 0 Å². The first-order valence-corrected chi connectivity index (χ1v) is 7.26. The van der Waals surface area contributed by atoms with Gasteiger partial charge in [0.15, 0.2) is 0 Å². The molecule has 2 rings (SSSR count). The minimum atomic E-state index is 0.115. The Morgan fingerprint density at radius 2 is 1.29 bits per heavy atom. The van der Waals surface area contributed by atoms with Gasteiger partial charge in [0.2, 0.25) is 0 Å². The molecular formula is C8H8O2S4. The van der Waals surface area contributed by atoms with E-state index in [2.05, 4.69) is 0 Å². The normalized spacial score (nSPS) is 26.7.